The minimum Gasteiger partial charge on any atom is -0.491 e. The molecule has 0 aliphatic rings. The SMILES string of the molecule is COC(=O)C(=Cc1ccc(OCC(O)CNCc2ccccc2)cc1)c1ccccc1Cl. The van der Waals surface area contributed by atoms with Crippen molar-refractivity contribution in [3.8, 4) is 5.75 Å². The highest BCUT2D eigenvalue weighted by molar-refractivity contribution is 6.35. The molecule has 3 rings (SSSR count). The molecule has 6 heteroatoms. The van der Waals surface area contributed by atoms with Crippen molar-refractivity contribution in [2.75, 3.05) is 20.3 Å². The third kappa shape index (κ3) is 6.95. The van der Waals surface area contributed by atoms with E-state index in [-0.39, 0.29) is 6.61 Å². The maximum absolute atomic E-state index is 12.3. The number of methoxy groups -OCH3 is 1. The van der Waals surface area contributed by atoms with Crippen LogP contribution in [0.4, 0.5) is 0 Å². The Hall–Kier alpha value is -3.12. The highest BCUT2D eigenvalue weighted by Gasteiger charge is 2.15. The van der Waals surface area contributed by atoms with E-state index in [4.69, 9.17) is 21.1 Å². The van der Waals surface area contributed by atoms with Crippen LogP contribution in [0.5, 0.6) is 5.75 Å². The van der Waals surface area contributed by atoms with Crippen molar-refractivity contribution in [1.29, 1.82) is 0 Å². The fraction of sp³-hybridized carbons (Fsp3) is 0.192. The summed E-state index contributed by atoms with van der Waals surface area (Å²) in [6.07, 6.45) is 1.09. The predicted molar refractivity (Wildman–Crippen MR) is 127 cm³/mol. The van der Waals surface area contributed by atoms with Crippen LogP contribution >= 0.6 is 11.6 Å². The number of hydrogen-bond acceptors (Lipinski definition) is 5. The molecule has 5 nitrogen and oxygen atoms in total. The second kappa shape index (κ2) is 12.1. The molecular formula is C26H26ClNO4. The second-order valence-corrected chi connectivity index (χ2v) is 7.59. The molecule has 0 bridgehead atoms. The van der Waals surface area contributed by atoms with Gasteiger partial charge in [-0.3, -0.25) is 0 Å². The summed E-state index contributed by atoms with van der Waals surface area (Å²) in [5.41, 5.74) is 2.93. The van der Waals surface area contributed by atoms with E-state index in [1.807, 2.05) is 48.5 Å². The van der Waals surface area contributed by atoms with Crippen molar-refractivity contribution in [2.24, 2.45) is 0 Å². The lowest BCUT2D eigenvalue weighted by atomic mass is 10.0. The van der Waals surface area contributed by atoms with E-state index in [2.05, 4.69) is 5.32 Å². The van der Waals surface area contributed by atoms with Gasteiger partial charge in [0.2, 0.25) is 0 Å². The molecule has 0 saturated heterocycles. The first-order valence-electron chi connectivity index (χ1n) is 10.3. The van der Waals surface area contributed by atoms with Crippen molar-refractivity contribution < 1.29 is 19.4 Å². The highest BCUT2D eigenvalue weighted by Crippen LogP contribution is 2.27. The normalized spacial score (nSPS) is 12.3. The number of carbonyl (C=O) groups excluding carboxylic acids is 1. The van der Waals surface area contributed by atoms with Gasteiger partial charge in [0.1, 0.15) is 18.5 Å². The van der Waals surface area contributed by atoms with Crippen LogP contribution in [0.3, 0.4) is 0 Å². The maximum Gasteiger partial charge on any atom is 0.338 e. The molecule has 2 N–H and O–H groups in total. The van der Waals surface area contributed by atoms with E-state index in [9.17, 15) is 9.90 Å². The summed E-state index contributed by atoms with van der Waals surface area (Å²) in [6.45, 7) is 1.28. The minimum absolute atomic E-state index is 0.171. The average molecular weight is 452 g/mol. The first-order chi connectivity index (χ1) is 15.6. The van der Waals surface area contributed by atoms with Crippen molar-refractivity contribution >= 4 is 29.2 Å². The number of benzene rings is 3. The Bertz CT molecular complexity index is 1040. The van der Waals surface area contributed by atoms with Crippen LogP contribution in [0, 0.1) is 0 Å². The van der Waals surface area contributed by atoms with Crippen molar-refractivity contribution in [3.05, 3.63) is 101 Å². The van der Waals surface area contributed by atoms with Gasteiger partial charge in [-0.1, -0.05) is 72.3 Å². The van der Waals surface area contributed by atoms with Gasteiger partial charge in [0.15, 0.2) is 0 Å². The number of aliphatic hydroxyl groups excluding tert-OH is 1. The molecule has 0 radical (unpaired) electrons. The van der Waals surface area contributed by atoms with Gasteiger partial charge < -0.3 is 19.9 Å². The number of nitrogens with one attached hydrogen (secondary N) is 1. The Morgan fingerprint density at radius 2 is 1.72 bits per heavy atom. The topological polar surface area (TPSA) is 67.8 Å². The van der Waals surface area contributed by atoms with Crippen LogP contribution in [0.2, 0.25) is 5.02 Å². The quantitative estimate of drug-likeness (QED) is 0.268. The van der Waals surface area contributed by atoms with E-state index in [0.717, 1.165) is 11.1 Å². The Morgan fingerprint density at radius 3 is 2.41 bits per heavy atom. The van der Waals surface area contributed by atoms with Gasteiger partial charge in [0.25, 0.3) is 0 Å². The highest BCUT2D eigenvalue weighted by atomic mass is 35.5. The van der Waals surface area contributed by atoms with Crippen LogP contribution < -0.4 is 10.1 Å². The van der Waals surface area contributed by atoms with E-state index in [1.165, 1.54) is 7.11 Å². The molecule has 0 heterocycles. The van der Waals surface area contributed by atoms with Crippen molar-refractivity contribution in [3.63, 3.8) is 0 Å². The van der Waals surface area contributed by atoms with E-state index >= 15 is 0 Å². The molecule has 3 aromatic rings. The lowest BCUT2D eigenvalue weighted by Gasteiger charge is -2.13. The van der Waals surface area contributed by atoms with Crippen LogP contribution in [0.1, 0.15) is 16.7 Å². The third-order valence-corrected chi connectivity index (χ3v) is 5.08. The molecule has 0 aromatic heterocycles. The Morgan fingerprint density at radius 1 is 1.03 bits per heavy atom. The summed E-state index contributed by atoms with van der Waals surface area (Å²) in [7, 11) is 1.34. The fourth-order valence-electron chi connectivity index (χ4n) is 3.09. The van der Waals surface area contributed by atoms with Gasteiger partial charge >= 0.3 is 5.97 Å². The lowest BCUT2D eigenvalue weighted by molar-refractivity contribution is -0.133. The van der Waals surface area contributed by atoms with Gasteiger partial charge in [0.05, 0.1) is 12.7 Å². The van der Waals surface area contributed by atoms with Gasteiger partial charge in [-0.25, -0.2) is 4.79 Å². The maximum atomic E-state index is 12.3. The summed E-state index contributed by atoms with van der Waals surface area (Å²) in [5.74, 6) is 0.158. The molecule has 1 unspecified atom stereocenters. The second-order valence-electron chi connectivity index (χ2n) is 7.18. The number of carbonyl (C=O) groups is 1. The zero-order valence-corrected chi connectivity index (χ0v) is 18.6. The number of aliphatic hydroxyl groups is 1. The van der Waals surface area contributed by atoms with Gasteiger partial charge in [-0.15, -0.1) is 0 Å². The van der Waals surface area contributed by atoms with E-state index in [1.54, 1.807) is 36.4 Å². The molecular weight excluding hydrogens is 426 g/mol. The molecule has 0 amide bonds. The lowest BCUT2D eigenvalue weighted by Crippen LogP contribution is -2.31. The summed E-state index contributed by atoms with van der Waals surface area (Å²) in [6, 6.07) is 24.4. The third-order valence-electron chi connectivity index (χ3n) is 4.75. The largest absolute Gasteiger partial charge is 0.491 e. The standard InChI is InChI=1S/C26H26ClNO4/c1-31-26(30)24(23-9-5-6-10-25(23)27)15-19-11-13-22(14-12-19)32-18-21(29)17-28-16-20-7-3-2-4-8-20/h2-15,21,28-29H,16-18H2,1H3. The molecule has 0 aliphatic carbocycles. The van der Waals surface area contributed by atoms with Crippen molar-refractivity contribution in [1.82, 2.24) is 5.32 Å². The monoisotopic (exact) mass is 451 g/mol. The number of hydrogen-bond donors (Lipinski definition) is 2. The molecule has 0 aliphatic heterocycles. The summed E-state index contributed by atoms with van der Waals surface area (Å²) in [5, 5.41) is 13.8. The molecule has 0 saturated carbocycles. The summed E-state index contributed by atoms with van der Waals surface area (Å²) >= 11 is 6.26. The Labute approximate surface area is 193 Å². The molecule has 32 heavy (non-hydrogen) atoms. The van der Waals surface area contributed by atoms with Gasteiger partial charge in [-0.2, -0.15) is 0 Å². The Kier molecular flexibility index (Phi) is 8.87. The molecule has 166 valence electrons. The number of ether oxygens (including phenoxy) is 2. The molecule has 1 atom stereocenters. The molecule has 0 fully saturated rings. The zero-order valence-electron chi connectivity index (χ0n) is 17.8. The molecule has 3 aromatic carbocycles. The van der Waals surface area contributed by atoms with E-state index in [0.29, 0.717) is 35.0 Å². The van der Waals surface area contributed by atoms with Gasteiger partial charge in [0, 0.05) is 23.7 Å². The zero-order chi connectivity index (χ0) is 22.8. The minimum atomic E-state index is -0.635. The van der Waals surface area contributed by atoms with Crippen LogP contribution in [0.25, 0.3) is 11.6 Å². The molecule has 0 spiro atoms. The van der Waals surface area contributed by atoms with Crippen molar-refractivity contribution in [2.45, 2.75) is 12.6 Å². The first kappa shape index (κ1) is 23.5. The average Bonchev–Trinajstić information content (AvgIpc) is 2.83. The Balaban J connectivity index is 1.56. The first-order valence-corrected chi connectivity index (χ1v) is 10.6. The number of rotatable bonds is 10. The van der Waals surface area contributed by atoms with Crippen LogP contribution in [-0.2, 0) is 16.1 Å². The summed E-state index contributed by atoms with van der Waals surface area (Å²) < 4.78 is 10.6. The number of halogens is 1. The number of esters is 1. The summed E-state index contributed by atoms with van der Waals surface area (Å²) in [4.78, 5) is 12.3. The van der Waals surface area contributed by atoms with E-state index < -0.39 is 12.1 Å². The van der Waals surface area contributed by atoms with Crippen LogP contribution in [-0.4, -0.2) is 37.4 Å². The fourth-order valence-corrected chi connectivity index (χ4v) is 3.33. The smallest absolute Gasteiger partial charge is 0.338 e. The predicted octanol–water partition coefficient (Wildman–Crippen LogP) is 4.58. The van der Waals surface area contributed by atoms with Gasteiger partial charge in [-0.05, 0) is 35.4 Å². The van der Waals surface area contributed by atoms with Crippen LogP contribution in [0.15, 0.2) is 78.9 Å².